The molecular formula is C17H23NO3. The lowest BCUT2D eigenvalue weighted by Crippen LogP contribution is -2.30. The third-order valence-corrected chi connectivity index (χ3v) is 4.48. The molecule has 0 radical (unpaired) electrons. The quantitative estimate of drug-likeness (QED) is 0.867. The van der Waals surface area contributed by atoms with Gasteiger partial charge < -0.3 is 10.1 Å². The Morgan fingerprint density at radius 2 is 1.43 bits per heavy atom. The van der Waals surface area contributed by atoms with Crippen LogP contribution < -0.4 is 5.32 Å². The summed E-state index contributed by atoms with van der Waals surface area (Å²) in [6.07, 6.45) is 2.04. The number of nitrogens with one attached hydrogen (secondary N) is 1. The van der Waals surface area contributed by atoms with Gasteiger partial charge in [0, 0.05) is 6.04 Å². The summed E-state index contributed by atoms with van der Waals surface area (Å²) < 4.78 is 5.18. The van der Waals surface area contributed by atoms with Gasteiger partial charge in [0.15, 0.2) is 6.61 Å². The molecule has 0 bridgehead atoms. The molecule has 1 saturated carbocycles. The molecular weight excluding hydrogens is 266 g/mol. The summed E-state index contributed by atoms with van der Waals surface area (Å²) in [4.78, 5) is 23.9. The van der Waals surface area contributed by atoms with Crippen molar-refractivity contribution < 1.29 is 14.3 Å². The molecule has 0 atom stereocenters. The van der Waals surface area contributed by atoms with Gasteiger partial charge in [-0.3, -0.25) is 4.79 Å². The number of benzene rings is 1. The van der Waals surface area contributed by atoms with Gasteiger partial charge in [-0.15, -0.1) is 0 Å². The average molecular weight is 289 g/mol. The maximum absolute atomic E-state index is 12.3. The van der Waals surface area contributed by atoms with Crippen LogP contribution in [0.2, 0.25) is 0 Å². The van der Waals surface area contributed by atoms with E-state index in [1.807, 2.05) is 27.7 Å². The van der Waals surface area contributed by atoms with Crippen LogP contribution in [0.3, 0.4) is 0 Å². The van der Waals surface area contributed by atoms with Crippen molar-refractivity contribution in [3.63, 3.8) is 0 Å². The molecule has 1 N–H and O–H groups in total. The molecule has 0 heterocycles. The molecule has 0 aromatic heterocycles. The van der Waals surface area contributed by atoms with Crippen LogP contribution in [0.25, 0.3) is 0 Å². The first kappa shape index (κ1) is 15.5. The van der Waals surface area contributed by atoms with E-state index >= 15 is 0 Å². The van der Waals surface area contributed by atoms with E-state index in [2.05, 4.69) is 12.2 Å². The monoisotopic (exact) mass is 289 g/mol. The highest BCUT2D eigenvalue weighted by molar-refractivity contribution is 5.95. The van der Waals surface area contributed by atoms with E-state index in [9.17, 15) is 9.59 Å². The largest absolute Gasteiger partial charge is 0.452 e. The standard InChI is InChI=1S/C17H23NO3/c1-9-10(2)12(4)16(13(5)11(9)3)17(20)21-8-15(19)18-14-6-7-14/h14H,6-8H2,1-5H3,(H,18,19). The Kier molecular flexibility index (Phi) is 4.35. The van der Waals surface area contributed by atoms with Crippen molar-refractivity contribution in [2.75, 3.05) is 6.61 Å². The van der Waals surface area contributed by atoms with E-state index < -0.39 is 5.97 Å². The minimum atomic E-state index is -0.415. The number of amides is 1. The van der Waals surface area contributed by atoms with Gasteiger partial charge in [-0.1, -0.05) is 0 Å². The van der Waals surface area contributed by atoms with Crippen molar-refractivity contribution in [2.45, 2.75) is 53.5 Å². The fourth-order valence-corrected chi connectivity index (χ4v) is 2.51. The molecule has 21 heavy (non-hydrogen) atoms. The summed E-state index contributed by atoms with van der Waals surface area (Å²) in [6.45, 7) is 9.72. The topological polar surface area (TPSA) is 55.4 Å². The molecule has 114 valence electrons. The highest BCUT2D eigenvalue weighted by atomic mass is 16.5. The van der Waals surface area contributed by atoms with Crippen molar-refractivity contribution in [1.29, 1.82) is 0 Å². The van der Waals surface area contributed by atoms with Crippen LogP contribution in [0.1, 0.15) is 51.0 Å². The molecule has 4 nitrogen and oxygen atoms in total. The summed E-state index contributed by atoms with van der Waals surface area (Å²) >= 11 is 0. The molecule has 0 saturated heterocycles. The molecule has 2 rings (SSSR count). The highest BCUT2D eigenvalue weighted by Crippen LogP contribution is 2.26. The molecule has 1 aliphatic carbocycles. The summed E-state index contributed by atoms with van der Waals surface area (Å²) in [5, 5.41) is 2.81. The lowest BCUT2D eigenvalue weighted by Gasteiger charge is -2.17. The van der Waals surface area contributed by atoms with Crippen molar-refractivity contribution in [3.05, 3.63) is 33.4 Å². The van der Waals surface area contributed by atoms with E-state index in [0.29, 0.717) is 5.56 Å². The Morgan fingerprint density at radius 3 is 1.90 bits per heavy atom. The molecule has 0 unspecified atom stereocenters. The van der Waals surface area contributed by atoms with Crippen LogP contribution >= 0.6 is 0 Å². The predicted octanol–water partition coefficient (Wildman–Crippen LogP) is 2.66. The van der Waals surface area contributed by atoms with E-state index in [1.165, 1.54) is 5.56 Å². The second-order valence-electron chi connectivity index (χ2n) is 5.92. The first-order valence-electron chi connectivity index (χ1n) is 7.36. The zero-order valence-electron chi connectivity index (χ0n) is 13.4. The molecule has 1 aliphatic rings. The second-order valence-corrected chi connectivity index (χ2v) is 5.92. The number of ether oxygens (including phenoxy) is 1. The van der Waals surface area contributed by atoms with Crippen molar-refractivity contribution in [3.8, 4) is 0 Å². The van der Waals surface area contributed by atoms with Crippen LogP contribution in [0.4, 0.5) is 0 Å². The highest BCUT2D eigenvalue weighted by Gasteiger charge is 2.24. The second kappa shape index (κ2) is 5.88. The van der Waals surface area contributed by atoms with Crippen molar-refractivity contribution >= 4 is 11.9 Å². The number of hydrogen-bond donors (Lipinski definition) is 1. The zero-order valence-corrected chi connectivity index (χ0v) is 13.4. The number of hydrogen-bond acceptors (Lipinski definition) is 3. The normalized spacial score (nSPS) is 14.0. The molecule has 1 aromatic rings. The van der Waals surface area contributed by atoms with Gasteiger partial charge in [-0.25, -0.2) is 4.79 Å². The van der Waals surface area contributed by atoms with Crippen LogP contribution in [-0.4, -0.2) is 24.5 Å². The van der Waals surface area contributed by atoms with E-state index in [4.69, 9.17) is 4.74 Å². The van der Waals surface area contributed by atoms with Crippen LogP contribution in [-0.2, 0) is 9.53 Å². The van der Waals surface area contributed by atoms with Gasteiger partial charge in [-0.2, -0.15) is 0 Å². The van der Waals surface area contributed by atoms with Crippen LogP contribution in [0.15, 0.2) is 0 Å². The van der Waals surface area contributed by atoms with Crippen LogP contribution in [0, 0.1) is 34.6 Å². The van der Waals surface area contributed by atoms with E-state index in [0.717, 1.165) is 35.1 Å². The minimum absolute atomic E-state index is 0.208. The Hall–Kier alpha value is -1.84. The predicted molar refractivity (Wildman–Crippen MR) is 81.6 cm³/mol. The van der Waals surface area contributed by atoms with Gasteiger partial charge in [0.05, 0.1) is 5.56 Å². The van der Waals surface area contributed by atoms with Gasteiger partial charge in [-0.05, 0) is 75.3 Å². The van der Waals surface area contributed by atoms with E-state index in [1.54, 1.807) is 0 Å². The first-order valence-corrected chi connectivity index (χ1v) is 7.36. The molecule has 4 heteroatoms. The number of rotatable bonds is 4. The Labute approximate surface area is 125 Å². The number of carbonyl (C=O) groups is 2. The van der Waals surface area contributed by atoms with Gasteiger partial charge in [0.25, 0.3) is 5.91 Å². The van der Waals surface area contributed by atoms with Gasteiger partial charge >= 0.3 is 5.97 Å². The molecule has 0 spiro atoms. The summed E-state index contributed by atoms with van der Waals surface area (Å²) in [5.41, 5.74) is 5.87. The molecule has 1 amide bonds. The van der Waals surface area contributed by atoms with Crippen LogP contribution in [0.5, 0.6) is 0 Å². The number of carbonyl (C=O) groups excluding carboxylic acids is 2. The van der Waals surface area contributed by atoms with Crippen molar-refractivity contribution in [2.24, 2.45) is 0 Å². The van der Waals surface area contributed by atoms with Gasteiger partial charge in [0.2, 0.25) is 0 Å². The minimum Gasteiger partial charge on any atom is -0.452 e. The lowest BCUT2D eigenvalue weighted by atomic mass is 9.90. The number of esters is 1. The Morgan fingerprint density at radius 1 is 0.952 bits per heavy atom. The first-order chi connectivity index (χ1) is 9.82. The summed E-state index contributed by atoms with van der Waals surface area (Å²) in [5.74, 6) is -0.635. The van der Waals surface area contributed by atoms with Gasteiger partial charge in [0.1, 0.15) is 0 Å². The third kappa shape index (κ3) is 3.26. The smallest absolute Gasteiger partial charge is 0.339 e. The molecule has 0 aliphatic heterocycles. The molecule has 1 fully saturated rings. The summed E-state index contributed by atoms with van der Waals surface area (Å²) in [6, 6.07) is 0.281. The average Bonchev–Trinajstić information content (AvgIpc) is 3.25. The maximum Gasteiger partial charge on any atom is 0.339 e. The Bertz CT molecular complexity index is 572. The fraction of sp³-hybridized carbons (Fsp3) is 0.529. The zero-order chi connectivity index (χ0) is 15.7. The Balaban J connectivity index is 2.13. The molecule has 1 aromatic carbocycles. The maximum atomic E-state index is 12.3. The van der Waals surface area contributed by atoms with Crippen molar-refractivity contribution in [1.82, 2.24) is 5.32 Å². The van der Waals surface area contributed by atoms with E-state index in [-0.39, 0.29) is 18.6 Å². The summed E-state index contributed by atoms with van der Waals surface area (Å²) in [7, 11) is 0. The lowest BCUT2D eigenvalue weighted by molar-refractivity contribution is -0.124. The third-order valence-electron chi connectivity index (χ3n) is 4.48. The SMILES string of the molecule is Cc1c(C)c(C)c(C(=O)OCC(=O)NC2CC2)c(C)c1C. The fourth-order valence-electron chi connectivity index (χ4n) is 2.51.